The minimum atomic E-state index is -0.505. The number of rotatable bonds is 4. The van der Waals surface area contributed by atoms with E-state index in [1.165, 1.54) is 11.6 Å². The van der Waals surface area contributed by atoms with Crippen molar-refractivity contribution in [1.29, 1.82) is 0 Å². The van der Waals surface area contributed by atoms with Crippen LogP contribution in [0.2, 0.25) is 0 Å². The van der Waals surface area contributed by atoms with Crippen LogP contribution >= 0.6 is 0 Å². The van der Waals surface area contributed by atoms with Crippen LogP contribution < -0.4 is 5.32 Å². The molecule has 1 N–H and O–H groups in total. The van der Waals surface area contributed by atoms with Crippen LogP contribution in [-0.4, -0.2) is 11.1 Å². The molecular formula is C17H15FN2O2. The van der Waals surface area contributed by atoms with Crippen molar-refractivity contribution in [3.8, 4) is 0 Å². The van der Waals surface area contributed by atoms with Crippen LogP contribution in [-0.2, 0) is 6.42 Å². The Bertz CT molecular complexity index is 809. The molecule has 0 fully saturated rings. The quantitative estimate of drug-likeness (QED) is 0.786. The molecule has 0 aliphatic carbocycles. The Hall–Kier alpha value is -2.69. The summed E-state index contributed by atoms with van der Waals surface area (Å²) < 4.78 is 18.5. The molecule has 1 heterocycles. The van der Waals surface area contributed by atoms with E-state index in [0.29, 0.717) is 10.9 Å². The summed E-state index contributed by atoms with van der Waals surface area (Å²) >= 11 is 0. The van der Waals surface area contributed by atoms with Crippen molar-refractivity contribution in [2.75, 3.05) is 5.32 Å². The second-order valence-corrected chi connectivity index (χ2v) is 5.05. The molecule has 1 amide bonds. The van der Waals surface area contributed by atoms with Crippen molar-refractivity contribution in [2.45, 2.75) is 19.8 Å². The van der Waals surface area contributed by atoms with Crippen molar-refractivity contribution in [3.05, 3.63) is 59.4 Å². The zero-order valence-electron chi connectivity index (χ0n) is 12.1. The Morgan fingerprint density at radius 2 is 2.00 bits per heavy atom. The fraction of sp³-hybridized carbons (Fsp3) is 0.176. The second kappa shape index (κ2) is 5.97. The number of carbonyl (C=O) groups is 1. The third kappa shape index (κ3) is 2.70. The first-order chi connectivity index (χ1) is 10.7. The average Bonchev–Trinajstić information content (AvgIpc) is 2.93. The summed E-state index contributed by atoms with van der Waals surface area (Å²) in [5.41, 5.74) is 1.75. The molecule has 0 saturated heterocycles. The van der Waals surface area contributed by atoms with E-state index in [4.69, 9.17) is 4.52 Å². The molecule has 0 atom stereocenters. The van der Waals surface area contributed by atoms with Crippen LogP contribution in [0, 0.1) is 5.82 Å². The number of anilines is 1. The highest BCUT2D eigenvalue weighted by atomic mass is 19.1. The van der Waals surface area contributed by atoms with Gasteiger partial charge < -0.3 is 9.84 Å². The van der Waals surface area contributed by atoms with Gasteiger partial charge in [0.2, 0.25) is 5.58 Å². The van der Waals surface area contributed by atoms with E-state index >= 15 is 0 Å². The predicted octanol–water partition coefficient (Wildman–Crippen LogP) is 4.17. The number of aryl methyl sites for hydroxylation is 1. The predicted molar refractivity (Wildman–Crippen MR) is 82.4 cm³/mol. The summed E-state index contributed by atoms with van der Waals surface area (Å²) in [6.07, 6.45) is 2.04. The molecule has 0 aliphatic heterocycles. The third-order valence-electron chi connectivity index (χ3n) is 3.44. The normalized spacial score (nSPS) is 10.8. The maximum atomic E-state index is 13.5. The number of amides is 1. The SMILES string of the molecule is CCCc1ccc(C(=O)Nc2noc3c(F)cccc23)cc1. The Labute approximate surface area is 126 Å². The van der Waals surface area contributed by atoms with Crippen molar-refractivity contribution in [3.63, 3.8) is 0 Å². The van der Waals surface area contributed by atoms with E-state index in [0.717, 1.165) is 12.8 Å². The number of halogens is 1. The molecule has 0 spiro atoms. The Kier molecular flexibility index (Phi) is 3.87. The van der Waals surface area contributed by atoms with Gasteiger partial charge in [0.05, 0.1) is 5.39 Å². The molecule has 2 aromatic carbocycles. The maximum Gasteiger partial charge on any atom is 0.256 e. The summed E-state index contributed by atoms with van der Waals surface area (Å²) in [7, 11) is 0. The molecule has 0 bridgehead atoms. The number of nitrogens with one attached hydrogen (secondary N) is 1. The lowest BCUT2D eigenvalue weighted by atomic mass is 10.1. The van der Waals surface area contributed by atoms with Crippen LogP contribution in [0.1, 0.15) is 29.3 Å². The summed E-state index contributed by atoms with van der Waals surface area (Å²) in [6, 6.07) is 11.9. The first-order valence-corrected chi connectivity index (χ1v) is 7.13. The van der Waals surface area contributed by atoms with E-state index in [-0.39, 0.29) is 17.3 Å². The summed E-state index contributed by atoms with van der Waals surface area (Å²) in [5, 5.41) is 6.81. The van der Waals surface area contributed by atoms with Gasteiger partial charge in [-0.2, -0.15) is 0 Å². The first-order valence-electron chi connectivity index (χ1n) is 7.13. The van der Waals surface area contributed by atoms with Gasteiger partial charge in [0.15, 0.2) is 11.6 Å². The molecule has 0 unspecified atom stereocenters. The standard InChI is InChI=1S/C17H15FN2O2/c1-2-4-11-7-9-12(10-8-11)17(21)19-16-13-5-3-6-14(18)15(13)22-20-16/h3,5-10H,2,4H2,1H3,(H,19,20,21). The number of fused-ring (bicyclic) bond motifs is 1. The fourth-order valence-electron chi connectivity index (χ4n) is 2.31. The fourth-order valence-corrected chi connectivity index (χ4v) is 2.31. The summed E-state index contributed by atoms with van der Waals surface area (Å²) in [4.78, 5) is 12.2. The molecule has 22 heavy (non-hydrogen) atoms. The summed E-state index contributed by atoms with van der Waals surface area (Å²) in [5.74, 6) is -0.589. The topological polar surface area (TPSA) is 55.1 Å². The van der Waals surface area contributed by atoms with E-state index in [9.17, 15) is 9.18 Å². The Morgan fingerprint density at radius 3 is 2.73 bits per heavy atom. The van der Waals surface area contributed by atoms with Crippen LogP contribution in [0.5, 0.6) is 0 Å². The zero-order valence-corrected chi connectivity index (χ0v) is 12.1. The molecule has 1 aromatic heterocycles. The number of para-hydroxylation sites is 1. The van der Waals surface area contributed by atoms with Gasteiger partial charge in [-0.1, -0.05) is 36.7 Å². The van der Waals surface area contributed by atoms with Crippen LogP contribution in [0.3, 0.4) is 0 Å². The van der Waals surface area contributed by atoms with Gasteiger partial charge in [-0.05, 0) is 36.2 Å². The number of aromatic nitrogens is 1. The molecule has 3 aromatic rings. The van der Waals surface area contributed by atoms with Crippen molar-refractivity contribution in [2.24, 2.45) is 0 Å². The highest BCUT2D eigenvalue weighted by Crippen LogP contribution is 2.25. The largest absolute Gasteiger partial charge is 0.351 e. The number of nitrogens with zero attached hydrogens (tertiary/aromatic N) is 1. The molecule has 0 radical (unpaired) electrons. The minimum absolute atomic E-state index is 0.0380. The van der Waals surface area contributed by atoms with Crippen LogP contribution in [0.15, 0.2) is 47.0 Å². The third-order valence-corrected chi connectivity index (χ3v) is 3.44. The number of hydrogen-bond acceptors (Lipinski definition) is 3. The van der Waals surface area contributed by atoms with Crippen LogP contribution in [0.25, 0.3) is 11.0 Å². The zero-order chi connectivity index (χ0) is 15.5. The maximum absolute atomic E-state index is 13.5. The van der Waals surface area contributed by atoms with Gasteiger partial charge in [-0.15, -0.1) is 0 Å². The number of hydrogen-bond donors (Lipinski definition) is 1. The lowest BCUT2D eigenvalue weighted by Crippen LogP contribution is -2.12. The monoisotopic (exact) mass is 298 g/mol. The Morgan fingerprint density at radius 1 is 1.23 bits per heavy atom. The van der Waals surface area contributed by atoms with E-state index in [1.807, 2.05) is 12.1 Å². The molecule has 0 saturated carbocycles. The molecule has 0 aliphatic rings. The molecule has 112 valence electrons. The highest BCUT2D eigenvalue weighted by Gasteiger charge is 2.14. The van der Waals surface area contributed by atoms with E-state index in [1.54, 1.807) is 24.3 Å². The average molecular weight is 298 g/mol. The lowest BCUT2D eigenvalue weighted by Gasteiger charge is -2.03. The van der Waals surface area contributed by atoms with Gasteiger partial charge in [-0.3, -0.25) is 4.79 Å². The van der Waals surface area contributed by atoms with Gasteiger partial charge in [0.25, 0.3) is 5.91 Å². The minimum Gasteiger partial charge on any atom is -0.351 e. The van der Waals surface area contributed by atoms with Crippen LogP contribution in [0.4, 0.5) is 10.2 Å². The van der Waals surface area contributed by atoms with E-state index in [2.05, 4.69) is 17.4 Å². The van der Waals surface area contributed by atoms with Gasteiger partial charge in [0.1, 0.15) is 0 Å². The van der Waals surface area contributed by atoms with E-state index < -0.39 is 5.82 Å². The molecule has 5 heteroatoms. The van der Waals surface area contributed by atoms with Crippen molar-refractivity contribution >= 4 is 22.7 Å². The Balaban J connectivity index is 1.82. The molecule has 3 rings (SSSR count). The number of benzene rings is 2. The van der Waals surface area contributed by atoms with Crippen molar-refractivity contribution in [1.82, 2.24) is 5.16 Å². The van der Waals surface area contributed by atoms with Gasteiger partial charge in [0, 0.05) is 5.56 Å². The summed E-state index contributed by atoms with van der Waals surface area (Å²) in [6.45, 7) is 2.11. The van der Waals surface area contributed by atoms with Crippen molar-refractivity contribution < 1.29 is 13.7 Å². The second-order valence-electron chi connectivity index (χ2n) is 5.05. The lowest BCUT2D eigenvalue weighted by molar-refractivity contribution is 0.102. The molecule has 4 nitrogen and oxygen atoms in total. The highest BCUT2D eigenvalue weighted by molar-refractivity contribution is 6.07. The molecular weight excluding hydrogens is 283 g/mol. The smallest absolute Gasteiger partial charge is 0.256 e. The number of carbonyl (C=O) groups excluding carboxylic acids is 1. The van der Waals surface area contributed by atoms with Gasteiger partial charge in [-0.25, -0.2) is 4.39 Å². The first kappa shape index (κ1) is 14.3. The van der Waals surface area contributed by atoms with Gasteiger partial charge >= 0.3 is 0 Å².